The third-order valence-electron chi connectivity index (χ3n) is 3.24. The van der Waals surface area contributed by atoms with E-state index in [1.54, 1.807) is 0 Å². The van der Waals surface area contributed by atoms with Crippen molar-refractivity contribution in [3.63, 3.8) is 0 Å². The highest BCUT2D eigenvalue weighted by molar-refractivity contribution is 6.19. The fourth-order valence-electron chi connectivity index (χ4n) is 2.30. The van der Waals surface area contributed by atoms with Gasteiger partial charge in [-0.2, -0.15) is 4.99 Å². The zero-order chi connectivity index (χ0) is 10.9. The van der Waals surface area contributed by atoms with Crippen LogP contribution < -0.4 is 11.1 Å². The molecule has 1 saturated carbocycles. The van der Waals surface area contributed by atoms with E-state index in [-0.39, 0.29) is 18.4 Å². The topological polar surface area (TPSA) is 84.5 Å². The molecule has 0 aromatic carbocycles. The lowest BCUT2D eigenvalue weighted by Crippen LogP contribution is -2.54. The molecule has 0 atom stereocenters. The molecule has 0 saturated heterocycles. The van der Waals surface area contributed by atoms with E-state index >= 15 is 0 Å². The molecule has 5 nitrogen and oxygen atoms in total. The zero-order valence-corrected chi connectivity index (χ0v) is 8.58. The molecule has 1 spiro atoms. The fraction of sp³-hybridized carbons (Fsp3) is 0.700. The van der Waals surface area contributed by atoms with Gasteiger partial charge in [-0.1, -0.05) is 19.3 Å². The van der Waals surface area contributed by atoms with E-state index in [1.807, 2.05) is 0 Å². The second-order valence-electron chi connectivity index (χ2n) is 4.16. The van der Waals surface area contributed by atoms with Crippen molar-refractivity contribution in [1.29, 1.82) is 0 Å². The smallest absolute Gasteiger partial charge is 0.263 e. The van der Waals surface area contributed by atoms with Gasteiger partial charge in [-0.3, -0.25) is 9.59 Å². The number of aliphatic imine (C=N–C) groups is 1. The molecule has 0 radical (unpaired) electrons. The first-order valence-corrected chi connectivity index (χ1v) is 5.32. The van der Waals surface area contributed by atoms with Crippen molar-refractivity contribution in [3.05, 3.63) is 0 Å². The minimum absolute atomic E-state index is 0.105. The van der Waals surface area contributed by atoms with Crippen molar-refractivity contribution >= 4 is 17.6 Å². The summed E-state index contributed by atoms with van der Waals surface area (Å²) in [4.78, 5) is 27.6. The molecule has 15 heavy (non-hydrogen) atoms. The van der Waals surface area contributed by atoms with Crippen molar-refractivity contribution in [2.24, 2.45) is 16.1 Å². The Morgan fingerprint density at radius 1 is 1.27 bits per heavy atom. The number of carbonyl (C=O) groups is 2. The van der Waals surface area contributed by atoms with Crippen molar-refractivity contribution in [2.75, 3.05) is 6.54 Å². The summed E-state index contributed by atoms with van der Waals surface area (Å²) in [5.41, 5.74) is 4.47. The van der Waals surface area contributed by atoms with Gasteiger partial charge in [0.05, 0.1) is 6.54 Å². The Bertz CT molecular complexity index is 330. The molecule has 1 aliphatic carbocycles. The van der Waals surface area contributed by atoms with Gasteiger partial charge < -0.3 is 11.1 Å². The van der Waals surface area contributed by atoms with E-state index in [9.17, 15) is 9.59 Å². The summed E-state index contributed by atoms with van der Waals surface area (Å²) < 4.78 is 0. The molecular weight excluding hydrogens is 194 g/mol. The minimum atomic E-state index is -0.878. The lowest BCUT2D eigenvalue weighted by Gasteiger charge is -2.35. The van der Waals surface area contributed by atoms with Gasteiger partial charge in [0, 0.05) is 0 Å². The van der Waals surface area contributed by atoms with Crippen LogP contribution in [0.5, 0.6) is 0 Å². The Kier molecular flexibility index (Phi) is 2.56. The summed E-state index contributed by atoms with van der Waals surface area (Å²) in [6, 6.07) is 0. The van der Waals surface area contributed by atoms with Gasteiger partial charge >= 0.3 is 0 Å². The lowest BCUT2D eigenvalue weighted by atomic mass is 9.72. The summed E-state index contributed by atoms with van der Waals surface area (Å²) in [7, 11) is 0. The molecule has 0 unspecified atom stereocenters. The maximum atomic E-state index is 11.9. The van der Waals surface area contributed by atoms with E-state index in [0.717, 1.165) is 19.3 Å². The van der Waals surface area contributed by atoms with Crippen LogP contribution in [0.25, 0.3) is 0 Å². The fourth-order valence-corrected chi connectivity index (χ4v) is 2.30. The van der Waals surface area contributed by atoms with Gasteiger partial charge in [-0.15, -0.1) is 0 Å². The van der Waals surface area contributed by atoms with E-state index in [2.05, 4.69) is 10.3 Å². The van der Waals surface area contributed by atoms with Gasteiger partial charge in [0.15, 0.2) is 0 Å². The summed E-state index contributed by atoms with van der Waals surface area (Å²) in [6.45, 7) is 0.105. The van der Waals surface area contributed by atoms with Crippen LogP contribution in [0.4, 0.5) is 0 Å². The number of hydrogen-bond acceptors (Lipinski definition) is 3. The van der Waals surface area contributed by atoms with E-state index < -0.39 is 5.41 Å². The minimum Gasteiger partial charge on any atom is -0.324 e. The summed E-state index contributed by atoms with van der Waals surface area (Å²) in [5.74, 6) is -0.213. The van der Waals surface area contributed by atoms with Gasteiger partial charge in [-0.05, 0) is 12.8 Å². The Balaban J connectivity index is 2.29. The van der Waals surface area contributed by atoms with Gasteiger partial charge in [0.1, 0.15) is 11.3 Å². The molecule has 1 aliphatic heterocycles. The van der Waals surface area contributed by atoms with Gasteiger partial charge in [0.25, 0.3) is 5.91 Å². The average Bonchev–Trinajstić information content (AvgIpc) is 2.27. The Hall–Kier alpha value is -1.23. The lowest BCUT2D eigenvalue weighted by molar-refractivity contribution is -0.144. The standard InChI is InChI=1S/C10H15N3O2/c11-6-7-12-8(14)10(9(15)13-7)4-2-1-3-5-10/h1-6,11H2,(H,12,13,14,15). The predicted octanol–water partition coefficient (Wildman–Crippen LogP) is -0.0495. The number of nitrogens with one attached hydrogen (secondary N) is 1. The quantitative estimate of drug-likeness (QED) is 0.594. The third-order valence-corrected chi connectivity index (χ3v) is 3.24. The summed E-state index contributed by atoms with van der Waals surface area (Å²) in [5, 5.41) is 2.62. The molecule has 2 aliphatic rings. The molecule has 0 aromatic rings. The zero-order valence-electron chi connectivity index (χ0n) is 8.58. The number of nitrogens with zero attached hydrogens (tertiary/aromatic N) is 1. The molecular formula is C10H15N3O2. The van der Waals surface area contributed by atoms with Crippen molar-refractivity contribution in [2.45, 2.75) is 32.1 Å². The SMILES string of the molecule is NCC1=NC(=O)C2(CCCCC2)C(=O)N1. The van der Waals surface area contributed by atoms with Crippen LogP contribution in [0.2, 0.25) is 0 Å². The number of amides is 2. The van der Waals surface area contributed by atoms with Crippen LogP contribution in [0.3, 0.4) is 0 Å². The van der Waals surface area contributed by atoms with Crippen molar-refractivity contribution in [1.82, 2.24) is 5.32 Å². The van der Waals surface area contributed by atoms with Crippen LogP contribution in [0.15, 0.2) is 4.99 Å². The maximum Gasteiger partial charge on any atom is 0.263 e. The molecule has 3 N–H and O–H groups in total. The number of carbonyl (C=O) groups excluding carboxylic acids is 2. The van der Waals surface area contributed by atoms with E-state index in [4.69, 9.17) is 5.73 Å². The highest BCUT2D eigenvalue weighted by Gasteiger charge is 2.48. The van der Waals surface area contributed by atoms with Gasteiger partial charge in [0.2, 0.25) is 5.91 Å². The van der Waals surface area contributed by atoms with Crippen LogP contribution in [0, 0.1) is 5.41 Å². The first kappa shape index (κ1) is 10.3. The second kappa shape index (κ2) is 3.73. The second-order valence-corrected chi connectivity index (χ2v) is 4.16. The van der Waals surface area contributed by atoms with Crippen LogP contribution in [-0.4, -0.2) is 24.2 Å². The molecule has 5 heteroatoms. The molecule has 2 rings (SSSR count). The highest BCUT2D eigenvalue weighted by atomic mass is 16.2. The first-order valence-electron chi connectivity index (χ1n) is 5.32. The normalized spacial score (nSPS) is 25.0. The highest BCUT2D eigenvalue weighted by Crippen LogP contribution is 2.38. The summed E-state index contributed by atoms with van der Waals surface area (Å²) in [6.07, 6.45) is 4.19. The molecule has 1 heterocycles. The van der Waals surface area contributed by atoms with E-state index in [1.165, 1.54) is 0 Å². The number of nitrogens with two attached hydrogens (primary N) is 1. The Morgan fingerprint density at radius 3 is 2.47 bits per heavy atom. The first-order chi connectivity index (χ1) is 7.19. The van der Waals surface area contributed by atoms with Crippen molar-refractivity contribution < 1.29 is 9.59 Å². The predicted molar refractivity (Wildman–Crippen MR) is 55.2 cm³/mol. The van der Waals surface area contributed by atoms with E-state index in [0.29, 0.717) is 18.7 Å². The largest absolute Gasteiger partial charge is 0.324 e. The third kappa shape index (κ3) is 1.56. The van der Waals surface area contributed by atoms with Crippen LogP contribution in [-0.2, 0) is 9.59 Å². The van der Waals surface area contributed by atoms with Crippen LogP contribution >= 0.6 is 0 Å². The molecule has 0 aromatic heterocycles. The Labute approximate surface area is 88.1 Å². The summed E-state index contributed by atoms with van der Waals surface area (Å²) >= 11 is 0. The molecule has 82 valence electrons. The average molecular weight is 209 g/mol. The van der Waals surface area contributed by atoms with Crippen molar-refractivity contribution in [3.8, 4) is 0 Å². The maximum absolute atomic E-state index is 11.9. The number of rotatable bonds is 1. The molecule has 2 amide bonds. The van der Waals surface area contributed by atoms with Gasteiger partial charge in [-0.25, -0.2) is 0 Å². The number of amidine groups is 1. The number of hydrogen-bond donors (Lipinski definition) is 2. The molecule has 1 fully saturated rings. The Morgan fingerprint density at radius 2 is 1.93 bits per heavy atom. The molecule has 0 bridgehead atoms. The van der Waals surface area contributed by atoms with Crippen LogP contribution in [0.1, 0.15) is 32.1 Å². The monoisotopic (exact) mass is 209 g/mol.